The van der Waals surface area contributed by atoms with E-state index in [0.717, 1.165) is 19.3 Å². The zero-order valence-electron chi connectivity index (χ0n) is 16.1. The third kappa shape index (κ3) is 4.41. The van der Waals surface area contributed by atoms with Gasteiger partial charge >= 0.3 is 5.97 Å². The summed E-state index contributed by atoms with van der Waals surface area (Å²) >= 11 is 0. The molecule has 152 valence electrons. The van der Waals surface area contributed by atoms with Gasteiger partial charge in [-0.1, -0.05) is 18.2 Å². The molecule has 2 N–H and O–H groups in total. The number of ether oxygens (including phenoxy) is 1. The van der Waals surface area contributed by atoms with Crippen molar-refractivity contribution in [2.24, 2.45) is 0 Å². The smallest absolute Gasteiger partial charge is 0.340 e. The Hall–Kier alpha value is -3.87. The summed E-state index contributed by atoms with van der Waals surface area (Å²) in [6.07, 6.45) is 4.58. The minimum Gasteiger partial charge on any atom is -0.459 e. The van der Waals surface area contributed by atoms with Crippen molar-refractivity contribution < 1.29 is 23.5 Å². The van der Waals surface area contributed by atoms with E-state index in [0.29, 0.717) is 5.69 Å². The van der Waals surface area contributed by atoms with E-state index in [1.54, 1.807) is 24.3 Å². The van der Waals surface area contributed by atoms with Crippen molar-refractivity contribution in [2.45, 2.75) is 19.3 Å². The molecule has 2 aromatic carbocycles. The number of aryl methyl sites for hydroxylation is 2. The number of benzene rings is 2. The molecule has 4 rings (SSSR count). The van der Waals surface area contributed by atoms with E-state index in [1.807, 2.05) is 18.2 Å². The number of carbonyl (C=O) groups excluding carboxylic acids is 3. The van der Waals surface area contributed by atoms with Gasteiger partial charge in [-0.25, -0.2) is 4.79 Å². The van der Waals surface area contributed by atoms with Gasteiger partial charge in [0.1, 0.15) is 0 Å². The van der Waals surface area contributed by atoms with E-state index < -0.39 is 24.4 Å². The zero-order chi connectivity index (χ0) is 20.9. The number of nitrogens with one attached hydrogen (secondary N) is 2. The molecule has 0 unspecified atom stereocenters. The highest BCUT2D eigenvalue weighted by Crippen LogP contribution is 2.25. The van der Waals surface area contributed by atoms with Gasteiger partial charge < -0.3 is 19.8 Å². The van der Waals surface area contributed by atoms with E-state index in [2.05, 4.69) is 10.6 Å². The summed E-state index contributed by atoms with van der Waals surface area (Å²) in [4.78, 5) is 36.8. The first-order valence-electron chi connectivity index (χ1n) is 9.63. The first-order chi connectivity index (χ1) is 14.6. The van der Waals surface area contributed by atoms with Gasteiger partial charge in [0.25, 0.3) is 11.8 Å². The highest BCUT2D eigenvalue weighted by molar-refractivity contribution is 6.07. The molecule has 3 aromatic rings. The number of hydrogen-bond donors (Lipinski definition) is 2. The van der Waals surface area contributed by atoms with Crippen LogP contribution in [0.4, 0.5) is 11.4 Å². The summed E-state index contributed by atoms with van der Waals surface area (Å²) in [6.45, 7) is -0.434. The number of esters is 1. The molecule has 0 spiro atoms. The Balaban J connectivity index is 1.36. The van der Waals surface area contributed by atoms with Gasteiger partial charge in [0.15, 0.2) is 12.4 Å². The number of anilines is 2. The zero-order valence-corrected chi connectivity index (χ0v) is 16.1. The molecule has 0 radical (unpaired) electrons. The summed E-state index contributed by atoms with van der Waals surface area (Å²) in [5, 5.41) is 5.36. The third-order valence-electron chi connectivity index (χ3n) is 4.86. The van der Waals surface area contributed by atoms with E-state index in [-0.39, 0.29) is 17.0 Å². The molecule has 7 nitrogen and oxygen atoms in total. The van der Waals surface area contributed by atoms with Gasteiger partial charge in [-0.05, 0) is 66.8 Å². The normalized spacial score (nSPS) is 12.1. The largest absolute Gasteiger partial charge is 0.459 e. The van der Waals surface area contributed by atoms with Crippen LogP contribution in [0.25, 0.3) is 0 Å². The van der Waals surface area contributed by atoms with Gasteiger partial charge in [0.05, 0.1) is 17.5 Å². The maximum atomic E-state index is 12.5. The van der Waals surface area contributed by atoms with Crippen LogP contribution in [0.3, 0.4) is 0 Å². The molecule has 30 heavy (non-hydrogen) atoms. The molecule has 1 aliphatic rings. The Morgan fingerprint density at radius 1 is 0.933 bits per heavy atom. The Labute approximate surface area is 173 Å². The SMILES string of the molecule is O=C(COC(=O)c1ccccc1NC(=O)c1ccco1)Nc1ccc2c(c1)CCC2. The number of carbonyl (C=O) groups is 3. The number of rotatable bonds is 6. The van der Waals surface area contributed by atoms with Crippen LogP contribution in [0.5, 0.6) is 0 Å². The second kappa shape index (κ2) is 8.65. The molecule has 0 aliphatic heterocycles. The Morgan fingerprint density at radius 3 is 2.60 bits per heavy atom. The van der Waals surface area contributed by atoms with Crippen LogP contribution in [0.2, 0.25) is 0 Å². The average molecular weight is 404 g/mol. The molecule has 0 bridgehead atoms. The van der Waals surface area contributed by atoms with Crippen LogP contribution in [-0.2, 0) is 22.4 Å². The van der Waals surface area contributed by atoms with Crippen molar-refractivity contribution in [3.63, 3.8) is 0 Å². The van der Waals surface area contributed by atoms with E-state index in [1.165, 1.54) is 29.5 Å². The molecule has 1 aliphatic carbocycles. The fourth-order valence-electron chi connectivity index (χ4n) is 3.42. The van der Waals surface area contributed by atoms with E-state index in [9.17, 15) is 14.4 Å². The molecule has 0 atom stereocenters. The lowest BCUT2D eigenvalue weighted by molar-refractivity contribution is -0.119. The fraction of sp³-hybridized carbons (Fsp3) is 0.174. The highest BCUT2D eigenvalue weighted by Gasteiger charge is 2.18. The highest BCUT2D eigenvalue weighted by atomic mass is 16.5. The summed E-state index contributed by atoms with van der Waals surface area (Å²) in [5.41, 5.74) is 3.65. The number of para-hydroxylation sites is 1. The predicted octanol–water partition coefficient (Wildman–Crippen LogP) is 3.82. The van der Waals surface area contributed by atoms with Crippen molar-refractivity contribution in [1.29, 1.82) is 0 Å². The summed E-state index contributed by atoms with van der Waals surface area (Å²) in [7, 11) is 0. The standard InChI is InChI=1S/C23H20N2O5/c26-21(24-17-11-10-15-5-3-6-16(15)13-17)14-30-23(28)18-7-1-2-8-19(18)25-22(27)20-9-4-12-29-20/h1-2,4,7-13H,3,5-6,14H2,(H,24,26)(H,25,27). The van der Waals surface area contributed by atoms with Crippen LogP contribution in [0.15, 0.2) is 65.3 Å². The van der Waals surface area contributed by atoms with Gasteiger partial charge in [-0.3, -0.25) is 9.59 Å². The monoisotopic (exact) mass is 404 g/mol. The molecule has 0 saturated carbocycles. The lowest BCUT2D eigenvalue weighted by Gasteiger charge is -2.11. The maximum Gasteiger partial charge on any atom is 0.340 e. The predicted molar refractivity (Wildman–Crippen MR) is 110 cm³/mol. The van der Waals surface area contributed by atoms with Crippen molar-refractivity contribution in [2.75, 3.05) is 17.2 Å². The van der Waals surface area contributed by atoms with Gasteiger partial charge in [-0.2, -0.15) is 0 Å². The third-order valence-corrected chi connectivity index (χ3v) is 4.86. The van der Waals surface area contributed by atoms with Gasteiger partial charge in [0.2, 0.25) is 0 Å². The van der Waals surface area contributed by atoms with Crippen LogP contribution in [0.1, 0.15) is 38.5 Å². The Morgan fingerprint density at radius 2 is 1.77 bits per heavy atom. The molecule has 0 saturated heterocycles. The van der Waals surface area contributed by atoms with Crippen molar-refractivity contribution in [3.8, 4) is 0 Å². The number of hydrogen-bond acceptors (Lipinski definition) is 5. The molecule has 2 amide bonds. The molecule has 1 aromatic heterocycles. The molecule has 7 heteroatoms. The second-order valence-corrected chi connectivity index (χ2v) is 6.94. The minimum absolute atomic E-state index is 0.117. The van der Waals surface area contributed by atoms with E-state index >= 15 is 0 Å². The quantitative estimate of drug-likeness (QED) is 0.609. The van der Waals surface area contributed by atoms with Crippen LogP contribution >= 0.6 is 0 Å². The first-order valence-corrected chi connectivity index (χ1v) is 9.63. The number of fused-ring (bicyclic) bond motifs is 1. The van der Waals surface area contributed by atoms with E-state index in [4.69, 9.17) is 9.15 Å². The number of furan rings is 1. The topological polar surface area (TPSA) is 97.6 Å². The number of amides is 2. The molecule has 0 fully saturated rings. The average Bonchev–Trinajstić information content (AvgIpc) is 3.44. The van der Waals surface area contributed by atoms with Crippen molar-refractivity contribution in [3.05, 3.63) is 83.3 Å². The Kier molecular flexibility index (Phi) is 5.61. The summed E-state index contributed by atoms with van der Waals surface area (Å²) < 4.78 is 10.2. The van der Waals surface area contributed by atoms with Crippen molar-refractivity contribution in [1.82, 2.24) is 0 Å². The molecular weight excluding hydrogens is 384 g/mol. The van der Waals surface area contributed by atoms with Gasteiger partial charge in [-0.15, -0.1) is 0 Å². The second-order valence-electron chi connectivity index (χ2n) is 6.94. The lowest BCUT2D eigenvalue weighted by atomic mass is 10.1. The summed E-state index contributed by atoms with van der Waals surface area (Å²) in [6, 6.07) is 15.3. The summed E-state index contributed by atoms with van der Waals surface area (Å²) in [5.74, 6) is -1.52. The maximum absolute atomic E-state index is 12.5. The first kappa shape index (κ1) is 19.4. The minimum atomic E-state index is -0.713. The van der Waals surface area contributed by atoms with Crippen LogP contribution < -0.4 is 10.6 Å². The molecular formula is C23H20N2O5. The van der Waals surface area contributed by atoms with Crippen LogP contribution in [0, 0.1) is 0 Å². The van der Waals surface area contributed by atoms with Crippen molar-refractivity contribution >= 4 is 29.2 Å². The Bertz CT molecular complexity index is 1090. The fourth-order valence-corrected chi connectivity index (χ4v) is 3.42. The van der Waals surface area contributed by atoms with Crippen LogP contribution in [-0.4, -0.2) is 24.4 Å². The lowest BCUT2D eigenvalue weighted by Crippen LogP contribution is -2.22. The molecule has 1 heterocycles. The van der Waals surface area contributed by atoms with Gasteiger partial charge in [0, 0.05) is 5.69 Å².